The first-order chi connectivity index (χ1) is 9.99. The van der Waals surface area contributed by atoms with Crippen LogP contribution in [0.25, 0.3) is 0 Å². The number of benzene rings is 1. The van der Waals surface area contributed by atoms with Crippen molar-refractivity contribution >= 4 is 11.7 Å². The van der Waals surface area contributed by atoms with Crippen molar-refractivity contribution < 1.29 is 19.6 Å². The third kappa shape index (κ3) is 3.33. The van der Waals surface area contributed by atoms with E-state index in [4.69, 9.17) is 9.84 Å². The molecular weight excluding hydrogens is 276 g/mol. The largest absolute Gasteiger partial charge is 0.486 e. The van der Waals surface area contributed by atoms with Crippen LogP contribution in [0.15, 0.2) is 36.5 Å². The average molecular weight is 288 g/mol. The fraction of sp³-hybridized carbons (Fsp3) is 0.143. The van der Waals surface area contributed by atoms with Crippen LogP contribution in [0.5, 0.6) is 5.75 Å². The Balaban J connectivity index is 2.26. The Bertz CT molecular complexity index is 700. The normalized spacial score (nSPS) is 10.1. The quantitative estimate of drug-likeness (QED) is 0.670. The molecule has 1 heterocycles. The predicted octanol–water partition coefficient (Wildman–Crippen LogP) is 2.58. The average Bonchev–Trinajstić information content (AvgIpc) is 2.46. The minimum Gasteiger partial charge on any atom is -0.486 e. The van der Waals surface area contributed by atoms with E-state index in [2.05, 4.69) is 4.98 Å². The van der Waals surface area contributed by atoms with Crippen LogP contribution in [-0.4, -0.2) is 21.0 Å². The second-order valence-corrected chi connectivity index (χ2v) is 4.30. The van der Waals surface area contributed by atoms with E-state index in [0.717, 1.165) is 11.6 Å². The molecule has 0 saturated carbocycles. The van der Waals surface area contributed by atoms with E-state index in [0.29, 0.717) is 5.69 Å². The molecule has 21 heavy (non-hydrogen) atoms. The molecule has 0 spiro atoms. The van der Waals surface area contributed by atoms with Gasteiger partial charge in [0.05, 0.1) is 10.6 Å². The molecule has 1 aromatic heterocycles. The molecule has 0 bridgehead atoms. The molecule has 108 valence electrons. The molecule has 0 aliphatic heterocycles. The molecule has 2 rings (SSSR count). The van der Waals surface area contributed by atoms with E-state index in [-0.39, 0.29) is 23.6 Å². The number of pyridine rings is 1. The number of hydrogen-bond donors (Lipinski definition) is 1. The summed E-state index contributed by atoms with van der Waals surface area (Å²) in [7, 11) is 0. The van der Waals surface area contributed by atoms with Gasteiger partial charge in [0.1, 0.15) is 17.9 Å². The van der Waals surface area contributed by atoms with Gasteiger partial charge in [-0.2, -0.15) is 0 Å². The van der Waals surface area contributed by atoms with Crippen LogP contribution in [0.3, 0.4) is 0 Å². The van der Waals surface area contributed by atoms with E-state index >= 15 is 0 Å². The van der Waals surface area contributed by atoms with Crippen molar-refractivity contribution in [2.45, 2.75) is 13.5 Å². The Morgan fingerprint density at radius 1 is 1.43 bits per heavy atom. The van der Waals surface area contributed by atoms with Gasteiger partial charge in [0.15, 0.2) is 0 Å². The van der Waals surface area contributed by atoms with Gasteiger partial charge in [-0.15, -0.1) is 0 Å². The molecule has 0 unspecified atom stereocenters. The van der Waals surface area contributed by atoms with Crippen LogP contribution in [0.2, 0.25) is 0 Å². The Labute approximate surface area is 120 Å². The third-order valence-electron chi connectivity index (χ3n) is 2.89. The number of nitro benzene ring substituents is 1. The Morgan fingerprint density at radius 2 is 2.19 bits per heavy atom. The topological polar surface area (TPSA) is 103 Å². The fourth-order valence-electron chi connectivity index (χ4n) is 1.74. The van der Waals surface area contributed by atoms with Gasteiger partial charge in [-0.25, -0.2) is 4.79 Å². The summed E-state index contributed by atoms with van der Waals surface area (Å²) in [5.74, 6) is -1.22. The first-order valence-electron chi connectivity index (χ1n) is 6.04. The van der Waals surface area contributed by atoms with Crippen LogP contribution < -0.4 is 4.74 Å². The fourth-order valence-corrected chi connectivity index (χ4v) is 1.74. The number of aromatic carboxylic acids is 1. The lowest BCUT2D eigenvalue weighted by Crippen LogP contribution is -2.06. The molecule has 1 aromatic carbocycles. The first-order valence-corrected chi connectivity index (χ1v) is 6.04. The number of nitrogens with zero attached hydrogens (tertiary/aromatic N) is 2. The van der Waals surface area contributed by atoms with Crippen LogP contribution in [0, 0.1) is 17.0 Å². The van der Waals surface area contributed by atoms with Crippen LogP contribution in [-0.2, 0) is 6.61 Å². The summed E-state index contributed by atoms with van der Waals surface area (Å²) in [5, 5.41) is 19.8. The molecule has 0 saturated heterocycles. The molecule has 2 aromatic rings. The van der Waals surface area contributed by atoms with Gasteiger partial charge >= 0.3 is 5.97 Å². The number of rotatable bonds is 5. The highest BCUT2D eigenvalue weighted by atomic mass is 16.6. The molecular formula is C14H12N2O5. The smallest absolute Gasteiger partial charge is 0.339 e. The zero-order chi connectivity index (χ0) is 15.4. The van der Waals surface area contributed by atoms with E-state index < -0.39 is 10.9 Å². The van der Waals surface area contributed by atoms with Gasteiger partial charge in [0.2, 0.25) is 0 Å². The Kier molecular flexibility index (Phi) is 4.13. The maximum absolute atomic E-state index is 11.2. The number of non-ortho nitro benzene ring substituents is 1. The highest BCUT2D eigenvalue weighted by Gasteiger charge is 2.17. The molecule has 1 N–H and O–H groups in total. The summed E-state index contributed by atoms with van der Waals surface area (Å²) in [6.45, 7) is 1.95. The zero-order valence-electron chi connectivity index (χ0n) is 11.1. The lowest BCUT2D eigenvalue weighted by Gasteiger charge is -2.10. The Hall–Kier alpha value is -2.96. The third-order valence-corrected chi connectivity index (χ3v) is 2.89. The highest BCUT2D eigenvalue weighted by Crippen LogP contribution is 2.25. The second kappa shape index (κ2) is 6.00. The Morgan fingerprint density at radius 3 is 2.81 bits per heavy atom. The summed E-state index contributed by atoms with van der Waals surface area (Å²) in [6.07, 6.45) is 1.61. The predicted molar refractivity (Wildman–Crippen MR) is 73.4 cm³/mol. The van der Waals surface area contributed by atoms with Crippen LogP contribution in [0.4, 0.5) is 5.69 Å². The first kappa shape index (κ1) is 14.4. The zero-order valence-corrected chi connectivity index (χ0v) is 11.1. The monoisotopic (exact) mass is 288 g/mol. The lowest BCUT2D eigenvalue weighted by atomic mass is 10.1. The molecule has 0 atom stereocenters. The summed E-state index contributed by atoms with van der Waals surface area (Å²) in [6, 6.07) is 7.10. The van der Waals surface area contributed by atoms with Gasteiger partial charge in [-0.3, -0.25) is 15.1 Å². The van der Waals surface area contributed by atoms with Crippen molar-refractivity contribution in [2.75, 3.05) is 0 Å². The van der Waals surface area contributed by atoms with Gasteiger partial charge in [-0.1, -0.05) is 6.07 Å². The van der Waals surface area contributed by atoms with Crippen LogP contribution >= 0.6 is 0 Å². The molecule has 0 fully saturated rings. The number of nitro groups is 1. The minimum atomic E-state index is -1.29. The number of carbonyl (C=O) groups is 1. The summed E-state index contributed by atoms with van der Waals surface area (Å²) in [5.41, 5.74) is 1.04. The van der Waals surface area contributed by atoms with Crippen molar-refractivity contribution in [2.24, 2.45) is 0 Å². The van der Waals surface area contributed by atoms with Gasteiger partial charge in [0, 0.05) is 18.3 Å². The molecule has 0 aliphatic rings. The van der Waals surface area contributed by atoms with E-state index in [1.807, 2.05) is 13.0 Å². The molecule has 0 aliphatic carbocycles. The minimum absolute atomic E-state index is 0.0677. The van der Waals surface area contributed by atoms with E-state index in [1.54, 1.807) is 12.3 Å². The summed E-state index contributed by atoms with van der Waals surface area (Å²) in [4.78, 5) is 25.3. The van der Waals surface area contributed by atoms with E-state index in [9.17, 15) is 14.9 Å². The summed E-state index contributed by atoms with van der Waals surface area (Å²) < 4.78 is 5.43. The van der Waals surface area contributed by atoms with Crippen molar-refractivity contribution in [3.63, 3.8) is 0 Å². The number of carboxylic acids is 1. The lowest BCUT2D eigenvalue weighted by molar-refractivity contribution is -0.384. The SMILES string of the molecule is Cc1cccnc1COc1ccc([N+](=O)[O-])cc1C(=O)O. The standard InChI is InChI=1S/C14H12N2O5/c1-9-3-2-6-15-12(9)8-21-13-5-4-10(16(19)20)7-11(13)14(17)18/h2-7H,8H2,1H3,(H,17,18). The van der Waals surface area contributed by atoms with Crippen molar-refractivity contribution in [3.8, 4) is 5.75 Å². The maximum atomic E-state index is 11.2. The number of ether oxygens (including phenoxy) is 1. The molecule has 7 heteroatoms. The van der Waals surface area contributed by atoms with Crippen LogP contribution in [0.1, 0.15) is 21.6 Å². The summed E-state index contributed by atoms with van der Waals surface area (Å²) >= 11 is 0. The maximum Gasteiger partial charge on any atom is 0.339 e. The van der Waals surface area contributed by atoms with Gasteiger partial charge in [-0.05, 0) is 24.6 Å². The van der Waals surface area contributed by atoms with E-state index in [1.165, 1.54) is 12.1 Å². The highest BCUT2D eigenvalue weighted by molar-refractivity contribution is 5.91. The second-order valence-electron chi connectivity index (χ2n) is 4.30. The van der Waals surface area contributed by atoms with Crippen molar-refractivity contribution in [3.05, 3.63) is 63.5 Å². The number of hydrogen-bond acceptors (Lipinski definition) is 5. The number of carboxylic acid groups (broad SMARTS) is 1. The number of aromatic nitrogens is 1. The van der Waals surface area contributed by atoms with Crippen molar-refractivity contribution in [1.82, 2.24) is 4.98 Å². The van der Waals surface area contributed by atoms with Crippen molar-refractivity contribution in [1.29, 1.82) is 0 Å². The van der Waals surface area contributed by atoms with Gasteiger partial charge < -0.3 is 9.84 Å². The molecule has 7 nitrogen and oxygen atoms in total. The number of aryl methyl sites for hydroxylation is 1. The molecule has 0 amide bonds. The molecule has 0 radical (unpaired) electrons. The van der Waals surface area contributed by atoms with Gasteiger partial charge in [0.25, 0.3) is 5.69 Å².